The lowest BCUT2D eigenvalue weighted by Crippen LogP contribution is -2.31. The van der Waals surface area contributed by atoms with Crippen molar-refractivity contribution in [1.82, 2.24) is 0 Å². The van der Waals surface area contributed by atoms with Gasteiger partial charge in [0.25, 0.3) is 0 Å². The largest absolute Gasteiger partial charge is 0.481 e. The van der Waals surface area contributed by atoms with Crippen LogP contribution in [0, 0.1) is 0 Å². The van der Waals surface area contributed by atoms with Gasteiger partial charge >= 0.3 is 6.18 Å². The topological polar surface area (TPSA) is 35.2 Å². The zero-order valence-electron chi connectivity index (χ0n) is 7.51. The molecule has 0 heterocycles. The molecule has 1 aromatic rings. The van der Waals surface area contributed by atoms with E-state index in [1.807, 2.05) is 0 Å². The van der Waals surface area contributed by atoms with Crippen LogP contribution in [0.3, 0.4) is 0 Å². The molecule has 1 atom stereocenters. The molecule has 0 aliphatic carbocycles. The summed E-state index contributed by atoms with van der Waals surface area (Å²) in [7, 11) is 0. The van der Waals surface area contributed by atoms with Crippen LogP contribution in [0.25, 0.3) is 0 Å². The molecular weight excluding hydrogens is 195 g/mol. The number of rotatable bonds is 2. The van der Waals surface area contributed by atoms with E-state index in [1.165, 1.54) is 24.3 Å². The van der Waals surface area contributed by atoms with Crippen molar-refractivity contribution in [2.75, 3.05) is 5.73 Å². The van der Waals surface area contributed by atoms with Crippen molar-refractivity contribution in [3.8, 4) is 5.75 Å². The molecule has 0 unspecified atom stereocenters. The third kappa shape index (κ3) is 2.83. The third-order valence-electron chi connectivity index (χ3n) is 1.65. The summed E-state index contributed by atoms with van der Waals surface area (Å²) >= 11 is 0. The molecule has 0 aliphatic heterocycles. The summed E-state index contributed by atoms with van der Waals surface area (Å²) in [4.78, 5) is 0. The highest BCUT2D eigenvalue weighted by Crippen LogP contribution is 2.25. The zero-order valence-corrected chi connectivity index (χ0v) is 7.51. The highest BCUT2D eigenvalue weighted by molar-refractivity contribution is 5.41. The van der Waals surface area contributed by atoms with Crippen molar-refractivity contribution in [2.45, 2.75) is 19.2 Å². The molecule has 78 valence electrons. The molecule has 0 radical (unpaired) electrons. The van der Waals surface area contributed by atoms with Gasteiger partial charge in [-0.3, -0.25) is 0 Å². The van der Waals surface area contributed by atoms with Crippen LogP contribution in [0.5, 0.6) is 5.75 Å². The zero-order chi connectivity index (χ0) is 10.8. The first-order valence-corrected chi connectivity index (χ1v) is 3.98. The second-order valence-corrected chi connectivity index (χ2v) is 2.87. The predicted octanol–water partition coefficient (Wildman–Crippen LogP) is 2.60. The average Bonchev–Trinajstić information content (AvgIpc) is 2.07. The van der Waals surface area contributed by atoms with E-state index in [0.717, 1.165) is 6.92 Å². The molecule has 14 heavy (non-hydrogen) atoms. The Hall–Kier alpha value is -1.39. The molecule has 1 aromatic carbocycles. The van der Waals surface area contributed by atoms with Crippen molar-refractivity contribution in [2.24, 2.45) is 0 Å². The maximum absolute atomic E-state index is 12.1. The molecule has 0 aromatic heterocycles. The summed E-state index contributed by atoms with van der Waals surface area (Å²) in [5.41, 5.74) is 5.85. The van der Waals surface area contributed by atoms with E-state index >= 15 is 0 Å². The first-order chi connectivity index (χ1) is 6.39. The molecule has 0 spiro atoms. The Labute approximate surface area is 79.5 Å². The van der Waals surface area contributed by atoms with Gasteiger partial charge in [0.05, 0.1) is 0 Å². The second kappa shape index (κ2) is 3.77. The Kier molecular flexibility index (Phi) is 2.88. The van der Waals surface area contributed by atoms with E-state index < -0.39 is 12.3 Å². The minimum absolute atomic E-state index is 0.157. The Morgan fingerprint density at radius 3 is 2.14 bits per heavy atom. The summed E-state index contributed by atoms with van der Waals surface area (Å²) < 4.78 is 40.8. The number of anilines is 1. The number of alkyl halides is 3. The highest BCUT2D eigenvalue weighted by Gasteiger charge is 2.37. The number of hydrogen-bond acceptors (Lipinski definition) is 2. The van der Waals surface area contributed by atoms with Gasteiger partial charge in [0.2, 0.25) is 0 Å². The van der Waals surface area contributed by atoms with Gasteiger partial charge in [0, 0.05) is 5.69 Å². The molecule has 2 nitrogen and oxygen atoms in total. The molecule has 2 N–H and O–H groups in total. The molecule has 0 saturated carbocycles. The number of halogens is 3. The van der Waals surface area contributed by atoms with E-state index in [0.29, 0.717) is 5.69 Å². The Bertz CT molecular complexity index is 294. The van der Waals surface area contributed by atoms with E-state index in [2.05, 4.69) is 4.74 Å². The lowest BCUT2D eigenvalue weighted by atomic mass is 10.3. The quantitative estimate of drug-likeness (QED) is 0.753. The molecule has 0 bridgehead atoms. The van der Waals surface area contributed by atoms with E-state index in [4.69, 9.17) is 5.73 Å². The second-order valence-electron chi connectivity index (χ2n) is 2.87. The smallest absolute Gasteiger partial charge is 0.425 e. The summed E-state index contributed by atoms with van der Waals surface area (Å²) in [5.74, 6) is 0.157. The number of ether oxygens (including phenoxy) is 1. The predicted molar refractivity (Wildman–Crippen MR) is 47.0 cm³/mol. The molecular formula is C9H10F3NO. The maximum Gasteiger partial charge on any atom is 0.425 e. The summed E-state index contributed by atoms with van der Waals surface area (Å²) in [5, 5.41) is 0. The molecule has 0 amide bonds. The molecule has 0 saturated heterocycles. The fourth-order valence-corrected chi connectivity index (χ4v) is 0.817. The minimum Gasteiger partial charge on any atom is -0.481 e. The van der Waals surface area contributed by atoms with Crippen LogP contribution in [-0.2, 0) is 0 Å². The van der Waals surface area contributed by atoms with Crippen LogP contribution in [-0.4, -0.2) is 12.3 Å². The first-order valence-electron chi connectivity index (χ1n) is 3.98. The summed E-state index contributed by atoms with van der Waals surface area (Å²) in [6, 6.07) is 5.77. The van der Waals surface area contributed by atoms with Gasteiger partial charge in [0.1, 0.15) is 5.75 Å². The van der Waals surface area contributed by atoms with Crippen LogP contribution in [0.1, 0.15) is 6.92 Å². The van der Waals surface area contributed by atoms with Crippen molar-refractivity contribution in [1.29, 1.82) is 0 Å². The van der Waals surface area contributed by atoms with Crippen LogP contribution in [0.15, 0.2) is 24.3 Å². The fourth-order valence-electron chi connectivity index (χ4n) is 0.817. The minimum atomic E-state index is -4.35. The monoisotopic (exact) mass is 205 g/mol. The Morgan fingerprint density at radius 2 is 1.71 bits per heavy atom. The normalized spacial score (nSPS) is 13.7. The van der Waals surface area contributed by atoms with E-state index in [1.54, 1.807) is 0 Å². The summed E-state index contributed by atoms with van der Waals surface area (Å²) in [6.45, 7) is 0.955. The average molecular weight is 205 g/mol. The van der Waals surface area contributed by atoms with Crippen LogP contribution < -0.4 is 10.5 Å². The van der Waals surface area contributed by atoms with Gasteiger partial charge in [-0.25, -0.2) is 0 Å². The first kappa shape index (κ1) is 10.7. The van der Waals surface area contributed by atoms with Gasteiger partial charge in [-0.15, -0.1) is 0 Å². The molecule has 0 fully saturated rings. The Balaban J connectivity index is 2.65. The molecule has 1 rings (SSSR count). The number of nitrogen functional groups attached to an aromatic ring is 1. The van der Waals surface area contributed by atoms with Crippen LogP contribution >= 0.6 is 0 Å². The standard InChI is InChI=1S/C9H10F3NO/c1-6(9(10,11)12)14-8-4-2-7(13)3-5-8/h2-6H,13H2,1H3/t6-/m0/s1. The van der Waals surface area contributed by atoms with Gasteiger partial charge in [0.15, 0.2) is 6.10 Å². The lowest BCUT2D eigenvalue weighted by molar-refractivity contribution is -0.189. The van der Waals surface area contributed by atoms with E-state index in [9.17, 15) is 13.2 Å². The van der Waals surface area contributed by atoms with Crippen molar-refractivity contribution >= 4 is 5.69 Å². The van der Waals surface area contributed by atoms with Crippen molar-refractivity contribution < 1.29 is 17.9 Å². The molecule has 0 aliphatic rings. The van der Waals surface area contributed by atoms with Gasteiger partial charge < -0.3 is 10.5 Å². The van der Waals surface area contributed by atoms with Crippen molar-refractivity contribution in [3.63, 3.8) is 0 Å². The van der Waals surface area contributed by atoms with Gasteiger partial charge in [-0.2, -0.15) is 13.2 Å². The van der Waals surface area contributed by atoms with Gasteiger partial charge in [-0.1, -0.05) is 0 Å². The summed E-state index contributed by atoms with van der Waals surface area (Å²) in [6.07, 6.45) is -6.16. The number of hydrogen-bond donors (Lipinski definition) is 1. The van der Waals surface area contributed by atoms with Crippen molar-refractivity contribution in [3.05, 3.63) is 24.3 Å². The molecule has 5 heteroatoms. The van der Waals surface area contributed by atoms with Crippen LogP contribution in [0.2, 0.25) is 0 Å². The Morgan fingerprint density at radius 1 is 1.21 bits per heavy atom. The highest BCUT2D eigenvalue weighted by atomic mass is 19.4. The third-order valence-corrected chi connectivity index (χ3v) is 1.65. The van der Waals surface area contributed by atoms with Crippen LogP contribution in [0.4, 0.5) is 18.9 Å². The van der Waals surface area contributed by atoms with Gasteiger partial charge in [-0.05, 0) is 31.2 Å². The number of nitrogens with two attached hydrogens (primary N) is 1. The van der Waals surface area contributed by atoms with E-state index in [-0.39, 0.29) is 5.75 Å². The fraction of sp³-hybridized carbons (Fsp3) is 0.333. The SMILES string of the molecule is C[C@H](Oc1ccc(N)cc1)C(F)(F)F. The lowest BCUT2D eigenvalue weighted by Gasteiger charge is -2.17. The maximum atomic E-state index is 12.1. The number of benzene rings is 1.